The molecule has 6 nitrogen and oxygen atoms in total. The minimum Gasteiger partial charge on any atom is -0.337 e. The van der Waals surface area contributed by atoms with Crippen LogP contribution in [0.4, 0.5) is 0 Å². The first-order chi connectivity index (χ1) is 11.4. The Bertz CT molecular complexity index is 769. The van der Waals surface area contributed by atoms with Crippen LogP contribution in [0.5, 0.6) is 0 Å². The zero-order valence-electron chi connectivity index (χ0n) is 14.2. The number of nitrogens with zero attached hydrogens (tertiary/aromatic N) is 4. The van der Waals surface area contributed by atoms with Gasteiger partial charge in [0.1, 0.15) is 5.69 Å². The van der Waals surface area contributed by atoms with Gasteiger partial charge in [0.05, 0.1) is 17.2 Å². The topological polar surface area (TPSA) is 68.1 Å². The third-order valence-corrected chi connectivity index (χ3v) is 4.93. The van der Waals surface area contributed by atoms with Gasteiger partial charge in [-0.1, -0.05) is 20.8 Å². The Morgan fingerprint density at radius 2 is 1.96 bits per heavy atom. The van der Waals surface area contributed by atoms with E-state index in [4.69, 9.17) is 0 Å². The second-order valence-corrected chi connectivity index (χ2v) is 7.87. The third kappa shape index (κ3) is 3.40. The predicted molar refractivity (Wildman–Crippen MR) is 93.5 cm³/mol. The third-order valence-electron chi connectivity index (χ3n) is 4.34. The number of hydrogen-bond donors (Lipinski definition) is 0. The van der Waals surface area contributed by atoms with Gasteiger partial charge in [-0.2, -0.15) is 5.10 Å². The van der Waals surface area contributed by atoms with Crippen LogP contribution >= 0.6 is 11.3 Å². The summed E-state index contributed by atoms with van der Waals surface area (Å²) < 4.78 is 1.60. The first kappa shape index (κ1) is 16.8. The van der Waals surface area contributed by atoms with E-state index in [1.165, 1.54) is 11.3 Å². The molecule has 128 valence electrons. The largest absolute Gasteiger partial charge is 0.337 e. The van der Waals surface area contributed by atoms with Crippen molar-refractivity contribution < 1.29 is 4.79 Å². The van der Waals surface area contributed by atoms with Gasteiger partial charge in [-0.3, -0.25) is 9.59 Å². The van der Waals surface area contributed by atoms with Crippen molar-refractivity contribution in [3.05, 3.63) is 44.8 Å². The lowest BCUT2D eigenvalue weighted by atomic mass is 9.92. The van der Waals surface area contributed by atoms with Crippen LogP contribution in [-0.2, 0) is 5.41 Å². The van der Waals surface area contributed by atoms with Crippen LogP contribution in [0.15, 0.2) is 27.8 Å². The molecule has 3 rings (SSSR count). The van der Waals surface area contributed by atoms with Gasteiger partial charge in [-0.15, -0.1) is 11.3 Å². The van der Waals surface area contributed by atoms with Crippen LogP contribution in [0.25, 0.3) is 0 Å². The predicted octanol–water partition coefficient (Wildman–Crippen LogP) is 2.47. The lowest BCUT2D eigenvalue weighted by molar-refractivity contribution is 0.0682. The fourth-order valence-electron chi connectivity index (χ4n) is 2.88. The van der Waals surface area contributed by atoms with E-state index in [-0.39, 0.29) is 22.9 Å². The van der Waals surface area contributed by atoms with Crippen LogP contribution < -0.4 is 5.56 Å². The molecular weight excluding hydrogens is 324 g/mol. The minimum absolute atomic E-state index is 0.0292. The summed E-state index contributed by atoms with van der Waals surface area (Å²) in [6.07, 6.45) is 1.47. The summed E-state index contributed by atoms with van der Waals surface area (Å²) >= 11 is 1.42. The molecule has 1 fully saturated rings. The Morgan fingerprint density at radius 3 is 2.54 bits per heavy atom. The van der Waals surface area contributed by atoms with Gasteiger partial charge in [0.2, 0.25) is 0 Å². The van der Waals surface area contributed by atoms with Crippen molar-refractivity contribution in [2.45, 2.75) is 45.1 Å². The second-order valence-electron chi connectivity index (χ2n) is 7.15. The lowest BCUT2D eigenvalue weighted by Crippen LogP contribution is -2.41. The number of hydrogen-bond acceptors (Lipinski definition) is 5. The van der Waals surface area contributed by atoms with Gasteiger partial charge >= 0.3 is 0 Å². The van der Waals surface area contributed by atoms with Crippen molar-refractivity contribution in [2.24, 2.45) is 0 Å². The molecule has 1 aliphatic heterocycles. The summed E-state index contributed by atoms with van der Waals surface area (Å²) in [5.74, 6) is -0.0292. The summed E-state index contributed by atoms with van der Waals surface area (Å²) in [5, 5.41) is 6.35. The Morgan fingerprint density at radius 1 is 1.25 bits per heavy atom. The molecule has 0 spiro atoms. The molecule has 0 saturated carbocycles. The van der Waals surface area contributed by atoms with Gasteiger partial charge in [0.25, 0.3) is 11.5 Å². The molecule has 1 aliphatic rings. The lowest BCUT2D eigenvalue weighted by Gasteiger charge is -2.32. The highest BCUT2D eigenvalue weighted by molar-refractivity contribution is 7.07. The first-order valence-corrected chi connectivity index (χ1v) is 9.08. The highest BCUT2D eigenvalue weighted by Gasteiger charge is 2.27. The number of carbonyl (C=O) groups excluding carboxylic acids is 1. The SMILES string of the molecule is CC(C)(C)c1ccc(=O)n(C2CCN(C(=O)c3cscn3)CC2)n1. The number of carbonyl (C=O) groups is 1. The molecule has 0 unspecified atom stereocenters. The normalized spacial score (nSPS) is 16.4. The molecule has 0 aliphatic carbocycles. The zero-order valence-corrected chi connectivity index (χ0v) is 15.0. The standard InChI is InChI=1S/C17H22N4O2S/c1-17(2,3)14-4-5-15(22)21(19-14)12-6-8-20(9-7-12)16(23)13-10-24-11-18-13/h4-5,10-12H,6-9H2,1-3H3. The van der Waals surface area contributed by atoms with E-state index in [0.717, 1.165) is 18.5 Å². The molecule has 7 heteroatoms. The van der Waals surface area contributed by atoms with Gasteiger partial charge in [0.15, 0.2) is 0 Å². The average molecular weight is 346 g/mol. The van der Waals surface area contributed by atoms with E-state index in [9.17, 15) is 9.59 Å². The molecular formula is C17H22N4O2S. The molecule has 1 amide bonds. The number of rotatable bonds is 2. The zero-order chi connectivity index (χ0) is 17.3. The summed E-state index contributed by atoms with van der Waals surface area (Å²) in [6.45, 7) is 7.49. The highest BCUT2D eigenvalue weighted by Crippen LogP contribution is 2.24. The van der Waals surface area contributed by atoms with Gasteiger partial charge < -0.3 is 4.90 Å². The number of piperidine rings is 1. The summed E-state index contributed by atoms with van der Waals surface area (Å²) in [5.41, 5.74) is 2.90. The number of thiazole rings is 1. The van der Waals surface area contributed by atoms with Gasteiger partial charge in [-0.05, 0) is 18.9 Å². The van der Waals surface area contributed by atoms with Crippen molar-refractivity contribution in [1.82, 2.24) is 19.7 Å². The Hall–Kier alpha value is -2.02. The molecule has 0 radical (unpaired) electrons. The Labute approximate surface area is 145 Å². The number of likely N-dealkylation sites (tertiary alicyclic amines) is 1. The van der Waals surface area contributed by atoms with Crippen LogP contribution in [-0.4, -0.2) is 38.7 Å². The average Bonchev–Trinajstić information content (AvgIpc) is 3.08. The molecule has 2 aromatic rings. The smallest absolute Gasteiger partial charge is 0.273 e. The summed E-state index contributed by atoms with van der Waals surface area (Å²) in [6, 6.07) is 3.44. The summed E-state index contributed by atoms with van der Waals surface area (Å²) in [7, 11) is 0. The maximum atomic E-state index is 12.3. The van der Waals surface area contributed by atoms with E-state index in [1.54, 1.807) is 27.7 Å². The first-order valence-electron chi connectivity index (χ1n) is 8.14. The van der Waals surface area contributed by atoms with Crippen molar-refractivity contribution in [3.8, 4) is 0 Å². The van der Waals surface area contributed by atoms with E-state index in [0.29, 0.717) is 18.8 Å². The van der Waals surface area contributed by atoms with Crippen LogP contribution in [0.2, 0.25) is 0 Å². The van der Waals surface area contributed by atoms with Crippen molar-refractivity contribution in [2.75, 3.05) is 13.1 Å². The molecule has 0 bridgehead atoms. The number of amides is 1. The van der Waals surface area contributed by atoms with Crippen LogP contribution in [0.3, 0.4) is 0 Å². The van der Waals surface area contributed by atoms with E-state index in [2.05, 4.69) is 30.9 Å². The quantitative estimate of drug-likeness (QED) is 0.838. The molecule has 24 heavy (non-hydrogen) atoms. The molecule has 2 aromatic heterocycles. The molecule has 1 saturated heterocycles. The Balaban J connectivity index is 1.73. The maximum absolute atomic E-state index is 12.3. The summed E-state index contributed by atoms with van der Waals surface area (Å²) in [4.78, 5) is 30.4. The fourth-order valence-corrected chi connectivity index (χ4v) is 3.41. The van der Waals surface area contributed by atoms with E-state index >= 15 is 0 Å². The van der Waals surface area contributed by atoms with Crippen molar-refractivity contribution in [1.29, 1.82) is 0 Å². The van der Waals surface area contributed by atoms with Gasteiger partial charge in [0, 0.05) is 30.0 Å². The molecule has 0 N–H and O–H groups in total. The fraction of sp³-hybridized carbons (Fsp3) is 0.529. The van der Waals surface area contributed by atoms with Crippen LogP contribution in [0, 0.1) is 0 Å². The van der Waals surface area contributed by atoms with Crippen molar-refractivity contribution >= 4 is 17.2 Å². The maximum Gasteiger partial charge on any atom is 0.273 e. The molecule has 0 atom stereocenters. The van der Waals surface area contributed by atoms with Crippen molar-refractivity contribution in [3.63, 3.8) is 0 Å². The monoisotopic (exact) mass is 346 g/mol. The van der Waals surface area contributed by atoms with Gasteiger partial charge in [-0.25, -0.2) is 9.67 Å². The number of aromatic nitrogens is 3. The van der Waals surface area contributed by atoms with Crippen LogP contribution in [0.1, 0.15) is 55.8 Å². The second kappa shape index (κ2) is 6.47. The molecule has 3 heterocycles. The molecule has 0 aromatic carbocycles. The Kier molecular flexibility index (Phi) is 4.54. The van der Waals surface area contributed by atoms with E-state index < -0.39 is 0 Å². The van der Waals surface area contributed by atoms with E-state index in [1.807, 2.05) is 4.90 Å². The minimum atomic E-state index is -0.100. The highest BCUT2D eigenvalue weighted by atomic mass is 32.1.